The molecule has 2 aromatic carbocycles. The van der Waals surface area contributed by atoms with E-state index in [1.54, 1.807) is 12.1 Å². The van der Waals surface area contributed by atoms with Crippen molar-refractivity contribution in [2.75, 3.05) is 18.4 Å². The summed E-state index contributed by atoms with van der Waals surface area (Å²) in [5.74, 6) is 0.00713. The molecule has 0 spiro atoms. The number of halogens is 2. The molecule has 138 valence electrons. The number of benzene rings is 2. The van der Waals surface area contributed by atoms with E-state index in [0.717, 1.165) is 26.1 Å². The van der Waals surface area contributed by atoms with Gasteiger partial charge in [0, 0.05) is 37.4 Å². The van der Waals surface area contributed by atoms with E-state index in [2.05, 4.69) is 32.4 Å². The molecule has 26 heavy (non-hydrogen) atoms. The first-order valence-corrected chi connectivity index (χ1v) is 8.47. The topological polar surface area (TPSA) is 53.6 Å². The zero-order valence-corrected chi connectivity index (χ0v) is 14.2. The molecule has 1 aliphatic heterocycles. The average molecular weight is 361 g/mol. The van der Waals surface area contributed by atoms with Gasteiger partial charge in [0.05, 0.1) is 0 Å². The van der Waals surface area contributed by atoms with Gasteiger partial charge in [-0.25, -0.2) is 4.79 Å². The van der Waals surface area contributed by atoms with Crippen molar-refractivity contribution in [3.05, 3.63) is 60.2 Å². The molecular weight excluding hydrogens is 340 g/mol. The minimum Gasteiger partial charge on any atom is -0.435 e. The van der Waals surface area contributed by atoms with E-state index in [-0.39, 0.29) is 17.8 Å². The number of ether oxygens (including phenoxy) is 1. The molecular formula is C19H21F2N3O2. The summed E-state index contributed by atoms with van der Waals surface area (Å²) in [4.78, 5) is 14.4. The standard InChI is InChI=1S/C19H21F2N3O2/c20-18(21)26-17-8-4-7-15(11-17)22-19(25)23-16-9-10-24(13-16)12-14-5-2-1-3-6-14/h1-8,11,16,18H,9-10,12-13H2,(H2,22,23,25)/t16-/m0/s1. The molecule has 1 aliphatic rings. The predicted molar refractivity (Wildman–Crippen MR) is 95.4 cm³/mol. The second-order valence-corrected chi connectivity index (χ2v) is 6.21. The number of alkyl halides is 2. The number of hydrogen-bond acceptors (Lipinski definition) is 3. The molecule has 1 saturated heterocycles. The summed E-state index contributed by atoms with van der Waals surface area (Å²) in [6, 6.07) is 15.8. The largest absolute Gasteiger partial charge is 0.435 e. The lowest BCUT2D eigenvalue weighted by atomic mass is 10.2. The van der Waals surface area contributed by atoms with Crippen LogP contribution in [0.4, 0.5) is 19.3 Å². The maximum Gasteiger partial charge on any atom is 0.387 e. The number of urea groups is 1. The van der Waals surface area contributed by atoms with E-state index in [0.29, 0.717) is 5.69 Å². The third-order valence-corrected chi connectivity index (χ3v) is 4.17. The molecule has 0 saturated carbocycles. The molecule has 0 radical (unpaired) electrons. The highest BCUT2D eigenvalue weighted by atomic mass is 19.3. The monoisotopic (exact) mass is 361 g/mol. The minimum atomic E-state index is -2.90. The number of carbonyl (C=O) groups is 1. The van der Waals surface area contributed by atoms with Crippen molar-refractivity contribution < 1.29 is 18.3 Å². The summed E-state index contributed by atoms with van der Waals surface area (Å²) in [7, 11) is 0. The van der Waals surface area contributed by atoms with Crippen molar-refractivity contribution in [2.45, 2.75) is 25.6 Å². The highest BCUT2D eigenvalue weighted by molar-refractivity contribution is 5.89. The fourth-order valence-corrected chi connectivity index (χ4v) is 3.04. The van der Waals surface area contributed by atoms with Crippen LogP contribution in [0.25, 0.3) is 0 Å². The fraction of sp³-hybridized carbons (Fsp3) is 0.316. The van der Waals surface area contributed by atoms with Crippen LogP contribution < -0.4 is 15.4 Å². The average Bonchev–Trinajstić information content (AvgIpc) is 3.02. The number of anilines is 1. The minimum absolute atomic E-state index is 0.00713. The third kappa shape index (κ3) is 5.42. The van der Waals surface area contributed by atoms with Gasteiger partial charge in [-0.05, 0) is 24.1 Å². The number of amides is 2. The zero-order valence-electron chi connectivity index (χ0n) is 14.2. The Kier molecular flexibility index (Phi) is 6.01. The van der Waals surface area contributed by atoms with Gasteiger partial charge in [-0.3, -0.25) is 4.90 Å². The van der Waals surface area contributed by atoms with Crippen molar-refractivity contribution in [1.82, 2.24) is 10.2 Å². The first kappa shape index (κ1) is 18.1. The molecule has 2 N–H and O–H groups in total. The van der Waals surface area contributed by atoms with Crippen LogP contribution in [0.15, 0.2) is 54.6 Å². The van der Waals surface area contributed by atoms with E-state index in [1.165, 1.54) is 17.7 Å². The van der Waals surface area contributed by atoms with Crippen molar-refractivity contribution >= 4 is 11.7 Å². The third-order valence-electron chi connectivity index (χ3n) is 4.17. The first-order valence-electron chi connectivity index (χ1n) is 8.47. The van der Waals surface area contributed by atoms with Crippen LogP contribution in [-0.2, 0) is 6.54 Å². The highest BCUT2D eigenvalue weighted by Gasteiger charge is 2.23. The number of hydrogen-bond donors (Lipinski definition) is 2. The number of nitrogens with zero attached hydrogens (tertiary/aromatic N) is 1. The molecule has 1 heterocycles. The second kappa shape index (κ2) is 8.62. The van der Waals surface area contributed by atoms with Crippen LogP contribution in [0.1, 0.15) is 12.0 Å². The van der Waals surface area contributed by atoms with Gasteiger partial charge < -0.3 is 15.4 Å². The molecule has 5 nitrogen and oxygen atoms in total. The van der Waals surface area contributed by atoms with Gasteiger partial charge in [0.1, 0.15) is 5.75 Å². The second-order valence-electron chi connectivity index (χ2n) is 6.21. The van der Waals surface area contributed by atoms with E-state index in [4.69, 9.17) is 0 Å². The Bertz CT molecular complexity index is 728. The van der Waals surface area contributed by atoms with Gasteiger partial charge in [-0.15, -0.1) is 0 Å². The molecule has 2 aromatic rings. The van der Waals surface area contributed by atoms with Crippen LogP contribution in [-0.4, -0.2) is 36.7 Å². The molecule has 0 unspecified atom stereocenters. The van der Waals surface area contributed by atoms with E-state index < -0.39 is 6.61 Å². The highest BCUT2D eigenvalue weighted by Crippen LogP contribution is 2.19. The van der Waals surface area contributed by atoms with Crippen LogP contribution in [0.2, 0.25) is 0 Å². The molecule has 0 bridgehead atoms. The Hall–Kier alpha value is -2.67. The van der Waals surface area contributed by atoms with Crippen molar-refractivity contribution in [3.63, 3.8) is 0 Å². The fourth-order valence-electron chi connectivity index (χ4n) is 3.04. The van der Waals surface area contributed by atoms with Gasteiger partial charge in [-0.2, -0.15) is 8.78 Å². The normalized spacial score (nSPS) is 17.3. The molecule has 7 heteroatoms. The van der Waals surface area contributed by atoms with Crippen LogP contribution in [0, 0.1) is 0 Å². The number of carbonyl (C=O) groups excluding carboxylic acids is 1. The smallest absolute Gasteiger partial charge is 0.387 e. The summed E-state index contributed by atoms with van der Waals surface area (Å²) in [5, 5.41) is 5.58. The molecule has 0 aromatic heterocycles. The van der Waals surface area contributed by atoms with Gasteiger partial charge >= 0.3 is 12.6 Å². The molecule has 0 aliphatic carbocycles. The van der Waals surface area contributed by atoms with Gasteiger partial charge in [0.2, 0.25) is 0 Å². The number of likely N-dealkylation sites (tertiary alicyclic amines) is 1. The SMILES string of the molecule is O=C(Nc1cccc(OC(F)F)c1)N[C@H]1CCN(Cc2ccccc2)C1. The maximum atomic E-state index is 12.3. The lowest BCUT2D eigenvalue weighted by molar-refractivity contribution is -0.0497. The predicted octanol–water partition coefficient (Wildman–Crippen LogP) is 3.68. The van der Waals surface area contributed by atoms with Crippen LogP contribution >= 0.6 is 0 Å². The summed E-state index contributed by atoms with van der Waals surface area (Å²) in [6.45, 7) is -0.352. The lowest BCUT2D eigenvalue weighted by Crippen LogP contribution is -2.39. The molecule has 1 fully saturated rings. The maximum absolute atomic E-state index is 12.3. The quantitative estimate of drug-likeness (QED) is 0.825. The zero-order chi connectivity index (χ0) is 18.4. The van der Waals surface area contributed by atoms with Crippen LogP contribution in [0.5, 0.6) is 5.75 Å². The molecule has 3 rings (SSSR count). The Morgan fingerprint density at radius 1 is 1.19 bits per heavy atom. The van der Waals surface area contributed by atoms with E-state index in [9.17, 15) is 13.6 Å². The van der Waals surface area contributed by atoms with Gasteiger partial charge in [0.25, 0.3) is 0 Å². The van der Waals surface area contributed by atoms with Crippen molar-refractivity contribution in [2.24, 2.45) is 0 Å². The van der Waals surface area contributed by atoms with Crippen molar-refractivity contribution in [1.29, 1.82) is 0 Å². The Labute approximate surface area is 151 Å². The summed E-state index contributed by atoms with van der Waals surface area (Å²) in [5.41, 5.74) is 1.65. The number of rotatable bonds is 6. The van der Waals surface area contributed by atoms with E-state index >= 15 is 0 Å². The number of nitrogens with one attached hydrogen (secondary N) is 2. The summed E-state index contributed by atoms with van der Waals surface area (Å²) in [6.07, 6.45) is 0.870. The molecule has 1 atom stereocenters. The van der Waals surface area contributed by atoms with Gasteiger partial charge in [0.15, 0.2) is 0 Å². The Morgan fingerprint density at radius 2 is 2.00 bits per heavy atom. The first-order chi connectivity index (χ1) is 12.6. The van der Waals surface area contributed by atoms with Gasteiger partial charge in [-0.1, -0.05) is 36.4 Å². The van der Waals surface area contributed by atoms with Crippen LogP contribution in [0.3, 0.4) is 0 Å². The summed E-state index contributed by atoms with van der Waals surface area (Å²) >= 11 is 0. The van der Waals surface area contributed by atoms with E-state index in [1.807, 2.05) is 18.2 Å². The summed E-state index contributed by atoms with van der Waals surface area (Å²) < 4.78 is 28.8. The lowest BCUT2D eigenvalue weighted by Gasteiger charge is -2.17. The van der Waals surface area contributed by atoms with Crippen molar-refractivity contribution in [3.8, 4) is 5.75 Å². The Morgan fingerprint density at radius 3 is 2.77 bits per heavy atom. The molecule has 2 amide bonds. The Balaban J connectivity index is 1.47.